The lowest BCUT2D eigenvalue weighted by atomic mass is 9.98. The van der Waals surface area contributed by atoms with Crippen molar-refractivity contribution in [3.8, 4) is 0 Å². The number of nitrogens with zero attached hydrogens (tertiary/aromatic N) is 2. The molecule has 0 aromatic heterocycles. The lowest BCUT2D eigenvalue weighted by Crippen LogP contribution is -2.52. The van der Waals surface area contributed by atoms with E-state index in [1.807, 2.05) is 36.2 Å². The first-order valence-electron chi connectivity index (χ1n) is 7.37. The summed E-state index contributed by atoms with van der Waals surface area (Å²) in [6, 6.07) is 8.46. The largest absolute Gasteiger partial charge is 0.398 e. The molecule has 0 radical (unpaired) electrons. The van der Waals surface area contributed by atoms with Gasteiger partial charge in [0, 0.05) is 31.4 Å². The average Bonchev–Trinajstić information content (AvgIpc) is 2.41. The number of amides is 2. The fraction of sp³-hybridized carbons (Fsp3) is 0.562. The Bertz CT molecular complexity index is 465. The second-order valence-corrected chi connectivity index (χ2v) is 5.87. The van der Waals surface area contributed by atoms with Crippen LogP contribution in [-0.4, -0.2) is 35.0 Å². The molecular formula is C16H25N3O. The highest BCUT2D eigenvalue weighted by atomic mass is 16.2. The molecule has 4 nitrogen and oxygen atoms in total. The van der Waals surface area contributed by atoms with Gasteiger partial charge >= 0.3 is 6.03 Å². The van der Waals surface area contributed by atoms with Crippen molar-refractivity contribution >= 4 is 11.7 Å². The number of hydrogen-bond donors (Lipinski definition) is 1. The van der Waals surface area contributed by atoms with Crippen LogP contribution in [0.2, 0.25) is 0 Å². The first-order valence-corrected chi connectivity index (χ1v) is 7.37. The maximum absolute atomic E-state index is 12.6. The summed E-state index contributed by atoms with van der Waals surface area (Å²) in [7, 11) is 1.85. The lowest BCUT2D eigenvalue weighted by Gasteiger charge is -2.41. The molecule has 1 aliphatic rings. The van der Waals surface area contributed by atoms with E-state index in [0.717, 1.165) is 24.1 Å². The molecule has 2 unspecified atom stereocenters. The van der Waals surface area contributed by atoms with Crippen LogP contribution in [-0.2, 0) is 6.54 Å². The maximum Gasteiger partial charge on any atom is 0.320 e. The highest BCUT2D eigenvalue weighted by Gasteiger charge is 2.30. The van der Waals surface area contributed by atoms with Crippen LogP contribution in [0.4, 0.5) is 10.5 Å². The van der Waals surface area contributed by atoms with Crippen molar-refractivity contribution < 1.29 is 4.79 Å². The van der Waals surface area contributed by atoms with Crippen LogP contribution in [0.25, 0.3) is 0 Å². The van der Waals surface area contributed by atoms with Crippen molar-refractivity contribution in [3.63, 3.8) is 0 Å². The highest BCUT2D eigenvalue weighted by molar-refractivity contribution is 5.75. The minimum Gasteiger partial charge on any atom is -0.398 e. The molecule has 0 spiro atoms. The van der Waals surface area contributed by atoms with Crippen molar-refractivity contribution in [2.75, 3.05) is 12.8 Å². The standard InChI is InChI=1S/C16H25N3O/c1-12-7-6-8-13(2)19(12)16(20)18(3)11-14-9-4-5-10-15(14)17/h4-5,9-10,12-13H,6-8,11,17H2,1-3H3. The second kappa shape index (κ2) is 6.16. The molecule has 0 saturated carbocycles. The number of piperidine rings is 1. The van der Waals surface area contributed by atoms with E-state index in [0.29, 0.717) is 18.6 Å². The summed E-state index contributed by atoms with van der Waals surface area (Å²) in [5.41, 5.74) is 7.69. The molecule has 1 aliphatic heterocycles. The van der Waals surface area contributed by atoms with E-state index >= 15 is 0 Å². The summed E-state index contributed by atoms with van der Waals surface area (Å²) in [6.45, 7) is 4.83. The van der Waals surface area contributed by atoms with Crippen LogP contribution in [0, 0.1) is 0 Å². The number of benzene rings is 1. The van der Waals surface area contributed by atoms with Crippen LogP contribution < -0.4 is 5.73 Å². The molecule has 2 rings (SSSR count). The molecule has 0 bridgehead atoms. The van der Waals surface area contributed by atoms with Gasteiger partial charge in [-0.05, 0) is 44.7 Å². The maximum atomic E-state index is 12.6. The summed E-state index contributed by atoms with van der Waals surface area (Å²) in [5.74, 6) is 0. The van der Waals surface area contributed by atoms with Crippen LogP contribution in [0.15, 0.2) is 24.3 Å². The van der Waals surface area contributed by atoms with Gasteiger partial charge < -0.3 is 15.5 Å². The summed E-state index contributed by atoms with van der Waals surface area (Å²) >= 11 is 0. The third kappa shape index (κ3) is 3.06. The summed E-state index contributed by atoms with van der Waals surface area (Å²) in [4.78, 5) is 16.4. The van der Waals surface area contributed by atoms with Crippen LogP contribution in [0.1, 0.15) is 38.7 Å². The molecule has 2 amide bonds. The zero-order chi connectivity index (χ0) is 14.7. The Kier molecular flexibility index (Phi) is 4.53. The van der Waals surface area contributed by atoms with E-state index in [-0.39, 0.29) is 6.03 Å². The second-order valence-electron chi connectivity index (χ2n) is 5.87. The predicted molar refractivity (Wildman–Crippen MR) is 82.3 cm³/mol. The van der Waals surface area contributed by atoms with Gasteiger partial charge in [-0.2, -0.15) is 0 Å². The van der Waals surface area contributed by atoms with Gasteiger partial charge in [-0.1, -0.05) is 18.2 Å². The van der Waals surface area contributed by atoms with Gasteiger partial charge in [0.2, 0.25) is 0 Å². The molecule has 4 heteroatoms. The Labute approximate surface area is 121 Å². The third-order valence-corrected chi connectivity index (χ3v) is 4.20. The number of rotatable bonds is 2. The fourth-order valence-corrected chi connectivity index (χ4v) is 3.00. The first-order chi connectivity index (χ1) is 9.50. The van der Waals surface area contributed by atoms with E-state index in [1.165, 1.54) is 6.42 Å². The molecule has 20 heavy (non-hydrogen) atoms. The number of likely N-dealkylation sites (tertiary alicyclic amines) is 1. The minimum atomic E-state index is 0.105. The third-order valence-electron chi connectivity index (χ3n) is 4.20. The van der Waals surface area contributed by atoms with Gasteiger partial charge in [0.05, 0.1) is 0 Å². The highest BCUT2D eigenvalue weighted by Crippen LogP contribution is 2.24. The number of nitrogens with two attached hydrogens (primary N) is 1. The summed E-state index contributed by atoms with van der Waals surface area (Å²) in [5, 5.41) is 0. The van der Waals surface area contributed by atoms with Gasteiger partial charge in [-0.15, -0.1) is 0 Å². The SMILES string of the molecule is CC1CCCC(C)N1C(=O)N(C)Cc1ccccc1N. The van der Waals surface area contributed by atoms with Crippen LogP contribution in [0.3, 0.4) is 0 Å². The molecule has 1 fully saturated rings. The van der Waals surface area contributed by atoms with E-state index in [9.17, 15) is 4.79 Å². The molecule has 2 atom stereocenters. The molecule has 1 aromatic rings. The van der Waals surface area contributed by atoms with Crippen molar-refractivity contribution in [3.05, 3.63) is 29.8 Å². The topological polar surface area (TPSA) is 49.6 Å². The predicted octanol–water partition coefficient (Wildman–Crippen LogP) is 3.08. The van der Waals surface area contributed by atoms with Gasteiger partial charge in [0.25, 0.3) is 0 Å². The Morgan fingerprint density at radius 3 is 2.50 bits per heavy atom. The van der Waals surface area contributed by atoms with Crippen LogP contribution >= 0.6 is 0 Å². The zero-order valence-corrected chi connectivity index (χ0v) is 12.7. The molecule has 1 saturated heterocycles. The van der Waals surface area contributed by atoms with Crippen molar-refractivity contribution in [2.24, 2.45) is 0 Å². The number of para-hydroxylation sites is 1. The molecular weight excluding hydrogens is 250 g/mol. The quantitative estimate of drug-likeness (QED) is 0.843. The van der Waals surface area contributed by atoms with Crippen molar-refractivity contribution in [1.82, 2.24) is 9.80 Å². The molecule has 1 heterocycles. The van der Waals surface area contributed by atoms with Gasteiger partial charge in [0.1, 0.15) is 0 Å². The van der Waals surface area contributed by atoms with E-state index in [4.69, 9.17) is 5.73 Å². The van der Waals surface area contributed by atoms with Gasteiger partial charge in [-0.25, -0.2) is 4.79 Å². The number of anilines is 1. The molecule has 2 N–H and O–H groups in total. The minimum absolute atomic E-state index is 0.105. The number of carbonyl (C=O) groups is 1. The Balaban J connectivity index is 2.06. The summed E-state index contributed by atoms with van der Waals surface area (Å²) in [6.07, 6.45) is 3.40. The monoisotopic (exact) mass is 275 g/mol. The first kappa shape index (κ1) is 14.7. The number of nitrogen functional groups attached to an aromatic ring is 1. The van der Waals surface area contributed by atoms with Gasteiger partial charge in [0.15, 0.2) is 0 Å². The molecule has 0 aliphatic carbocycles. The number of hydrogen-bond acceptors (Lipinski definition) is 2. The van der Waals surface area contributed by atoms with Crippen LogP contribution in [0.5, 0.6) is 0 Å². The van der Waals surface area contributed by atoms with E-state index < -0.39 is 0 Å². The molecule has 110 valence electrons. The Morgan fingerprint density at radius 1 is 1.30 bits per heavy atom. The smallest absolute Gasteiger partial charge is 0.320 e. The lowest BCUT2D eigenvalue weighted by molar-refractivity contribution is 0.0969. The van der Waals surface area contributed by atoms with E-state index in [1.54, 1.807) is 4.90 Å². The molecule has 1 aromatic carbocycles. The number of urea groups is 1. The fourth-order valence-electron chi connectivity index (χ4n) is 3.00. The average molecular weight is 275 g/mol. The van der Waals surface area contributed by atoms with Crippen molar-refractivity contribution in [2.45, 2.75) is 51.7 Å². The normalized spacial score (nSPS) is 22.6. The Morgan fingerprint density at radius 2 is 1.90 bits per heavy atom. The van der Waals surface area contributed by atoms with Gasteiger partial charge in [-0.3, -0.25) is 0 Å². The van der Waals surface area contributed by atoms with E-state index in [2.05, 4.69) is 13.8 Å². The number of carbonyl (C=O) groups excluding carboxylic acids is 1. The Hall–Kier alpha value is -1.71. The summed E-state index contributed by atoms with van der Waals surface area (Å²) < 4.78 is 0. The zero-order valence-electron chi connectivity index (χ0n) is 12.7. The van der Waals surface area contributed by atoms with Crippen molar-refractivity contribution in [1.29, 1.82) is 0 Å².